The average Bonchev–Trinajstić information content (AvgIpc) is 3.69. The molecule has 1 aliphatic rings. The number of ketones is 1. The summed E-state index contributed by atoms with van der Waals surface area (Å²) in [7, 11) is -6.84. The molecular formula is C41H87NO9Si4. The van der Waals surface area contributed by atoms with Crippen LogP contribution in [0.3, 0.4) is 0 Å². The molecule has 1 N–H and O–H groups in total. The molecule has 0 aliphatic carbocycles. The van der Waals surface area contributed by atoms with Crippen molar-refractivity contribution in [1.82, 2.24) is 5.06 Å². The number of aliphatic hydroxyl groups is 1. The maximum atomic E-state index is 16.1. The Morgan fingerprint density at radius 3 is 1.45 bits per heavy atom. The van der Waals surface area contributed by atoms with E-state index in [9.17, 15) is 9.90 Å². The Morgan fingerprint density at radius 1 is 0.709 bits per heavy atom. The van der Waals surface area contributed by atoms with E-state index >= 15 is 4.79 Å². The number of carbonyl (C=O) groups excluding carboxylic acids is 2. The molecule has 1 aliphatic heterocycles. The number of ether oxygens (including phenoxy) is 1. The summed E-state index contributed by atoms with van der Waals surface area (Å²) in [5.41, 5.74) is -0.860. The van der Waals surface area contributed by atoms with Crippen molar-refractivity contribution >= 4 is 45.0 Å². The summed E-state index contributed by atoms with van der Waals surface area (Å²) in [6.45, 7) is 47.9. The molecule has 0 bridgehead atoms. The molecular weight excluding hydrogens is 763 g/mol. The van der Waals surface area contributed by atoms with Gasteiger partial charge in [-0.3, -0.25) is 14.4 Å². The second-order valence-corrected chi connectivity index (χ2v) is 41.8. The lowest BCUT2D eigenvalue weighted by atomic mass is 9.79. The Bertz CT molecular complexity index is 1280. The standard InChI is InChI=1S/C41H87NO9Si4/c1-29(26-43)35-41(14,49-35)36(51-55(23,24)40(11,12)13)31(28-48-53(19,20)38(5,6)7)34(45)30(27-47-52(17,18)37(2,3)4)32(25-33(44)42(15)46-16)50-54(21,22)39(8,9)10/h29-32,35-36,43H,25-28H2,1-24H3/t29-,30-,31-,32+,35+,36-,41+/m0/s1. The average molecular weight is 850 g/mol. The van der Waals surface area contributed by atoms with Crippen molar-refractivity contribution in [2.45, 2.75) is 200 Å². The zero-order valence-electron chi connectivity index (χ0n) is 40.0. The first kappa shape index (κ1) is 52.7. The van der Waals surface area contributed by atoms with Crippen LogP contribution in [-0.4, -0.2) is 113 Å². The normalized spacial score (nSPS) is 22.2. The minimum atomic E-state index is -2.56. The molecule has 10 nitrogen and oxygen atoms in total. The van der Waals surface area contributed by atoms with Crippen LogP contribution in [0.4, 0.5) is 0 Å². The van der Waals surface area contributed by atoms with Crippen molar-refractivity contribution in [2.75, 3.05) is 34.0 Å². The first-order valence-electron chi connectivity index (χ1n) is 20.5. The van der Waals surface area contributed by atoms with Gasteiger partial charge in [-0.15, -0.1) is 0 Å². The molecule has 0 aromatic rings. The molecule has 0 spiro atoms. The minimum absolute atomic E-state index is 0.0489. The quantitative estimate of drug-likeness (QED) is 0.0726. The van der Waals surface area contributed by atoms with Crippen molar-refractivity contribution in [2.24, 2.45) is 17.8 Å². The SMILES string of the molecule is CON(C)C(=O)C[C@@H](O[Si](C)(C)C(C)(C)C)[C@H](CO[Si](C)(C)C(C)(C)C)C(=O)[C@H](CO[Si](C)(C)C(C)(C)C)[C@H](O[Si](C)(C)C(C)(C)C)[C@]1(C)O[C@@H]1[C@@H](C)CO. The zero-order valence-corrected chi connectivity index (χ0v) is 44.0. The number of carbonyl (C=O) groups is 2. The van der Waals surface area contributed by atoms with Gasteiger partial charge in [0.1, 0.15) is 11.4 Å². The molecule has 0 aromatic carbocycles. The lowest BCUT2D eigenvalue weighted by Gasteiger charge is -2.46. The maximum absolute atomic E-state index is 16.1. The van der Waals surface area contributed by atoms with E-state index in [1.54, 1.807) is 7.05 Å². The van der Waals surface area contributed by atoms with E-state index in [2.05, 4.69) is 135 Å². The van der Waals surface area contributed by atoms with E-state index < -0.39 is 62.9 Å². The van der Waals surface area contributed by atoms with Crippen LogP contribution in [0.2, 0.25) is 72.5 Å². The molecule has 1 saturated heterocycles. The third kappa shape index (κ3) is 13.1. The summed E-state index contributed by atoms with van der Waals surface area (Å²) >= 11 is 0. The van der Waals surface area contributed by atoms with Crippen LogP contribution in [0.25, 0.3) is 0 Å². The molecule has 14 heteroatoms. The molecule has 1 fully saturated rings. The highest BCUT2D eigenvalue weighted by Gasteiger charge is 2.65. The van der Waals surface area contributed by atoms with Crippen LogP contribution in [0.5, 0.6) is 0 Å². The number of amides is 1. The molecule has 7 atom stereocenters. The van der Waals surface area contributed by atoms with Gasteiger partial charge in [0.25, 0.3) is 0 Å². The Balaban J connectivity index is 4.29. The van der Waals surface area contributed by atoms with Crippen LogP contribution in [0, 0.1) is 17.8 Å². The molecule has 1 rings (SSSR count). The summed E-state index contributed by atoms with van der Waals surface area (Å²) in [5.74, 6) is -2.16. The van der Waals surface area contributed by atoms with Crippen molar-refractivity contribution in [3.63, 3.8) is 0 Å². The van der Waals surface area contributed by atoms with Crippen LogP contribution < -0.4 is 0 Å². The van der Waals surface area contributed by atoms with E-state index in [1.165, 1.54) is 12.2 Å². The third-order valence-electron chi connectivity index (χ3n) is 14.1. The van der Waals surface area contributed by atoms with E-state index in [0.29, 0.717) is 0 Å². The van der Waals surface area contributed by atoms with Gasteiger partial charge in [-0.25, -0.2) is 5.06 Å². The predicted octanol–water partition coefficient (Wildman–Crippen LogP) is 9.81. The monoisotopic (exact) mass is 850 g/mol. The number of nitrogens with zero attached hydrogens (tertiary/aromatic N) is 1. The lowest BCUT2D eigenvalue weighted by molar-refractivity contribution is -0.171. The van der Waals surface area contributed by atoms with Gasteiger partial charge < -0.3 is 27.5 Å². The van der Waals surface area contributed by atoms with Gasteiger partial charge in [0, 0.05) is 32.8 Å². The molecule has 0 aromatic heterocycles. The van der Waals surface area contributed by atoms with Gasteiger partial charge in [0.15, 0.2) is 33.3 Å². The predicted molar refractivity (Wildman–Crippen MR) is 236 cm³/mol. The summed E-state index contributed by atoms with van der Waals surface area (Å²) in [6, 6.07) is 0. The number of hydroxylamine groups is 2. The lowest BCUT2D eigenvalue weighted by Crippen LogP contribution is -2.57. The number of epoxide rings is 1. The van der Waals surface area contributed by atoms with Crippen molar-refractivity contribution in [1.29, 1.82) is 0 Å². The fourth-order valence-corrected chi connectivity index (χ4v) is 10.4. The van der Waals surface area contributed by atoms with E-state index in [1.807, 2.05) is 13.8 Å². The van der Waals surface area contributed by atoms with Gasteiger partial charge in [0.05, 0.1) is 43.7 Å². The summed E-state index contributed by atoms with van der Waals surface area (Å²) in [6.07, 6.45) is -1.86. The van der Waals surface area contributed by atoms with Crippen LogP contribution in [0.15, 0.2) is 0 Å². The van der Waals surface area contributed by atoms with Gasteiger partial charge in [0.2, 0.25) is 5.91 Å². The second kappa shape index (κ2) is 18.1. The highest BCUT2D eigenvalue weighted by molar-refractivity contribution is 6.75. The molecule has 1 heterocycles. The number of Topliss-reactive ketones (excluding diaryl/α,β-unsaturated/α-hetero) is 1. The first-order valence-corrected chi connectivity index (χ1v) is 32.1. The third-order valence-corrected chi connectivity index (χ3v) is 32.1. The number of rotatable bonds is 20. The number of aliphatic hydroxyl groups excluding tert-OH is 1. The molecule has 0 unspecified atom stereocenters. The van der Waals surface area contributed by atoms with E-state index in [-0.39, 0.29) is 70.1 Å². The van der Waals surface area contributed by atoms with E-state index in [4.69, 9.17) is 27.3 Å². The van der Waals surface area contributed by atoms with E-state index in [0.717, 1.165) is 0 Å². The Labute approximate surface area is 342 Å². The maximum Gasteiger partial charge on any atom is 0.248 e. The summed E-state index contributed by atoms with van der Waals surface area (Å²) in [5, 5.41) is 10.9. The van der Waals surface area contributed by atoms with Crippen molar-refractivity contribution < 1.29 is 42.0 Å². The smallest absolute Gasteiger partial charge is 0.248 e. The second-order valence-electron chi connectivity index (χ2n) is 22.6. The van der Waals surface area contributed by atoms with Gasteiger partial charge in [-0.1, -0.05) is 90.0 Å². The topological polar surface area (TPSA) is 116 Å². The summed E-state index contributed by atoms with van der Waals surface area (Å²) < 4.78 is 35.1. The highest BCUT2D eigenvalue weighted by atomic mass is 28.4. The fourth-order valence-electron chi connectivity index (χ4n) is 5.56. The largest absolute Gasteiger partial charge is 0.416 e. The molecule has 0 saturated carbocycles. The number of hydrogen-bond acceptors (Lipinski definition) is 9. The molecule has 1 amide bonds. The molecule has 0 radical (unpaired) electrons. The Hall–Kier alpha value is -0.272. The Morgan fingerprint density at radius 2 is 1.09 bits per heavy atom. The highest BCUT2D eigenvalue weighted by Crippen LogP contribution is 2.51. The fraction of sp³-hybridized carbons (Fsp3) is 0.951. The van der Waals surface area contributed by atoms with Crippen molar-refractivity contribution in [3.05, 3.63) is 0 Å². The minimum Gasteiger partial charge on any atom is -0.416 e. The van der Waals surface area contributed by atoms with Crippen LogP contribution in [-0.2, 0) is 36.9 Å². The number of hydrogen-bond donors (Lipinski definition) is 1. The van der Waals surface area contributed by atoms with Crippen molar-refractivity contribution in [3.8, 4) is 0 Å². The summed E-state index contributed by atoms with van der Waals surface area (Å²) in [4.78, 5) is 35.2. The van der Waals surface area contributed by atoms with Crippen LogP contribution >= 0.6 is 0 Å². The Kier molecular flexibility index (Phi) is 17.4. The molecule has 55 heavy (non-hydrogen) atoms. The van der Waals surface area contributed by atoms with Gasteiger partial charge in [-0.2, -0.15) is 0 Å². The first-order chi connectivity index (χ1) is 24.2. The van der Waals surface area contributed by atoms with Gasteiger partial charge in [-0.05, 0) is 79.5 Å². The zero-order chi connectivity index (χ0) is 43.8. The van der Waals surface area contributed by atoms with Crippen LogP contribution in [0.1, 0.15) is 103 Å². The van der Waals surface area contributed by atoms with Gasteiger partial charge >= 0.3 is 0 Å². The molecule has 326 valence electrons.